The number of rotatable bonds is 5. The maximum atomic E-state index is 13.1. The molecule has 4 nitrogen and oxygen atoms in total. The van der Waals surface area contributed by atoms with Crippen molar-refractivity contribution in [3.8, 4) is 11.3 Å². The molecule has 1 saturated heterocycles. The minimum absolute atomic E-state index is 0.0778. The van der Waals surface area contributed by atoms with E-state index < -0.39 is 0 Å². The van der Waals surface area contributed by atoms with Crippen LogP contribution in [0.15, 0.2) is 82.5 Å². The van der Waals surface area contributed by atoms with Crippen molar-refractivity contribution in [2.75, 3.05) is 6.54 Å². The highest BCUT2D eigenvalue weighted by molar-refractivity contribution is 8.18. The number of thioether (sulfide) groups is 1. The number of hydrogen-bond donors (Lipinski definition) is 0. The van der Waals surface area contributed by atoms with Crippen LogP contribution in [0.2, 0.25) is 5.02 Å². The summed E-state index contributed by atoms with van der Waals surface area (Å²) in [4.78, 5) is 24.7. The Balaban J connectivity index is 1.68. The summed E-state index contributed by atoms with van der Waals surface area (Å²) in [5.41, 5.74) is 3.76. The van der Waals surface area contributed by atoms with Gasteiger partial charge < -0.3 is 0 Å². The molecule has 1 amide bonds. The van der Waals surface area contributed by atoms with Gasteiger partial charge in [0, 0.05) is 22.5 Å². The average Bonchev–Trinajstić information content (AvgIpc) is 3.35. The number of amides is 1. The molecule has 0 spiro atoms. The van der Waals surface area contributed by atoms with Gasteiger partial charge in [0.25, 0.3) is 5.91 Å². The second-order valence-corrected chi connectivity index (χ2v) is 8.79. The number of aromatic nitrogens is 1. The van der Waals surface area contributed by atoms with Crippen molar-refractivity contribution in [2.45, 2.75) is 6.92 Å². The van der Waals surface area contributed by atoms with Crippen molar-refractivity contribution >= 4 is 56.5 Å². The first-order valence-electron chi connectivity index (χ1n) is 9.24. The highest BCUT2D eigenvalue weighted by Gasteiger charge is 2.34. The number of benzene rings is 2. The molecule has 3 aromatic rings. The van der Waals surface area contributed by atoms with Crippen LogP contribution in [0.3, 0.4) is 0 Å². The highest BCUT2D eigenvalue weighted by Crippen LogP contribution is 2.38. The Kier molecular flexibility index (Phi) is 6.18. The quantitative estimate of drug-likeness (QED) is 0.322. The molecule has 30 heavy (non-hydrogen) atoms. The minimum atomic E-state index is -0.0778. The zero-order chi connectivity index (χ0) is 21.1. The Morgan fingerprint density at radius 3 is 2.63 bits per heavy atom. The van der Waals surface area contributed by atoms with E-state index in [-0.39, 0.29) is 5.91 Å². The van der Waals surface area contributed by atoms with Gasteiger partial charge in [-0.25, -0.2) is 4.98 Å². The van der Waals surface area contributed by atoms with Gasteiger partial charge in [-0.05, 0) is 42.0 Å². The van der Waals surface area contributed by atoms with Crippen LogP contribution in [0.1, 0.15) is 12.5 Å². The van der Waals surface area contributed by atoms with E-state index in [4.69, 9.17) is 11.6 Å². The van der Waals surface area contributed by atoms with Crippen molar-refractivity contribution < 1.29 is 4.79 Å². The second kappa shape index (κ2) is 9.00. The molecule has 1 aliphatic heterocycles. The molecular weight excluding hydrogens is 434 g/mol. The van der Waals surface area contributed by atoms with Gasteiger partial charge in [0.2, 0.25) is 5.13 Å². The predicted octanol–water partition coefficient (Wildman–Crippen LogP) is 6.64. The largest absolute Gasteiger partial charge is 0.282 e. The van der Waals surface area contributed by atoms with Crippen LogP contribution in [0.4, 0.5) is 5.13 Å². The lowest BCUT2D eigenvalue weighted by Gasteiger charge is -2.12. The molecule has 0 radical (unpaired) electrons. The molecule has 0 N–H and O–H groups in total. The number of aliphatic imine (C=N–C) groups is 1. The van der Waals surface area contributed by atoms with E-state index in [0.29, 0.717) is 26.8 Å². The van der Waals surface area contributed by atoms with Crippen molar-refractivity contribution in [3.63, 3.8) is 0 Å². The summed E-state index contributed by atoms with van der Waals surface area (Å²) >= 11 is 8.82. The summed E-state index contributed by atoms with van der Waals surface area (Å²) in [7, 11) is 0. The number of carbonyl (C=O) groups is 1. The first-order chi connectivity index (χ1) is 14.6. The fourth-order valence-electron chi connectivity index (χ4n) is 2.98. The Hall–Kier alpha value is -2.67. The molecule has 0 bridgehead atoms. The molecule has 0 atom stereocenters. The standard InChI is InChI=1S/C23H18ClN3OS2/c1-3-13-27-21(28)20(15(2)16-9-11-18(24)12-10-16)30-23(27)26-22-25-19(14-29-22)17-7-5-4-6-8-17/h3-12,14H,1,13H2,2H3/b20-15-,26-23+. The van der Waals surface area contributed by atoms with E-state index in [9.17, 15) is 4.79 Å². The fourth-order valence-corrected chi connectivity index (χ4v) is 4.91. The van der Waals surface area contributed by atoms with Gasteiger partial charge in [-0.15, -0.1) is 17.9 Å². The first kappa shape index (κ1) is 20.6. The molecule has 1 aromatic heterocycles. The third kappa shape index (κ3) is 4.26. The average molecular weight is 452 g/mol. The lowest BCUT2D eigenvalue weighted by molar-refractivity contribution is -0.121. The lowest BCUT2D eigenvalue weighted by Crippen LogP contribution is -2.29. The molecule has 150 valence electrons. The van der Waals surface area contributed by atoms with Crippen molar-refractivity contribution in [1.29, 1.82) is 0 Å². The van der Waals surface area contributed by atoms with Crippen LogP contribution in [0.25, 0.3) is 16.8 Å². The smallest absolute Gasteiger partial charge is 0.267 e. The van der Waals surface area contributed by atoms with Crippen molar-refractivity contribution in [2.24, 2.45) is 4.99 Å². The van der Waals surface area contributed by atoms with Crippen LogP contribution in [-0.2, 0) is 4.79 Å². The summed E-state index contributed by atoms with van der Waals surface area (Å²) in [6.07, 6.45) is 1.70. The SMILES string of the molecule is C=CCN1C(=O)/C(=C(\C)c2ccc(Cl)cc2)S/C1=N/c1nc(-c2ccccc2)cs1. The molecule has 7 heteroatoms. The molecule has 0 unspecified atom stereocenters. The molecule has 1 aliphatic rings. The van der Waals surface area contributed by atoms with E-state index in [0.717, 1.165) is 22.4 Å². The molecule has 2 aromatic carbocycles. The Labute approximate surface area is 188 Å². The van der Waals surface area contributed by atoms with Crippen LogP contribution in [0.5, 0.6) is 0 Å². The number of amidine groups is 1. The fraction of sp³-hybridized carbons (Fsp3) is 0.0870. The normalized spacial score (nSPS) is 16.9. The molecule has 4 rings (SSSR count). The predicted molar refractivity (Wildman–Crippen MR) is 128 cm³/mol. The van der Waals surface area contributed by atoms with E-state index in [2.05, 4.69) is 16.6 Å². The Morgan fingerprint density at radius 2 is 1.93 bits per heavy atom. The Morgan fingerprint density at radius 1 is 1.20 bits per heavy atom. The Bertz CT molecular complexity index is 1150. The van der Waals surface area contributed by atoms with Crippen LogP contribution >= 0.6 is 34.7 Å². The summed E-state index contributed by atoms with van der Waals surface area (Å²) in [6.45, 7) is 6.11. The summed E-state index contributed by atoms with van der Waals surface area (Å²) in [5, 5.41) is 3.86. The number of nitrogens with zero attached hydrogens (tertiary/aromatic N) is 3. The lowest BCUT2D eigenvalue weighted by atomic mass is 10.1. The zero-order valence-electron chi connectivity index (χ0n) is 16.2. The summed E-state index contributed by atoms with van der Waals surface area (Å²) < 4.78 is 0. The number of carbonyl (C=O) groups excluding carboxylic acids is 1. The van der Waals surface area contributed by atoms with Gasteiger partial charge in [-0.2, -0.15) is 4.99 Å². The topological polar surface area (TPSA) is 45.6 Å². The monoisotopic (exact) mass is 451 g/mol. The molecule has 1 fully saturated rings. The number of thiazole rings is 1. The van der Waals surface area contributed by atoms with E-state index >= 15 is 0 Å². The maximum absolute atomic E-state index is 13.1. The number of hydrogen-bond acceptors (Lipinski definition) is 5. The van der Waals surface area contributed by atoms with Crippen LogP contribution in [-0.4, -0.2) is 27.5 Å². The minimum Gasteiger partial charge on any atom is -0.282 e. The van der Waals surface area contributed by atoms with Gasteiger partial charge in [0.1, 0.15) is 0 Å². The third-order valence-corrected chi connectivity index (χ3v) is 6.71. The second-order valence-electron chi connectivity index (χ2n) is 6.54. The van der Waals surface area contributed by atoms with Gasteiger partial charge in [0.15, 0.2) is 5.17 Å². The summed E-state index contributed by atoms with van der Waals surface area (Å²) in [6, 6.07) is 17.4. The molecule has 2 heterocycles. The van der Waals surface area contributed by atoms with E-state index in [1.807, 2.05) is 66.9 Å². The molecular formula is C23H18ClN3OS2. The van der Waals surface area contributed by atoms with Crippen molar-refractivity contribution in [1.82, 2.24) is 9.88 Å². The number of halogens is 1. The number of allylic oxidation sites excluding steroid dienone is 1. The van der Waals surface area contributed by atoms with E-state index in [1.165, 1.54) is 23.1 Å². The van der Waals surface area contributed by atoms with Gasteiger partial charge in [0.05, 0.1) is 10.6 Å². The zero-order valence-corrected chi connectivity index (χ0v) is 18.6. The summed E-state index contributed by atoms with van der Waals surface area (Å²) in [5.74, 6) is -0.0778. The first-order valence-corrected chi connectivity index (χ1v) is 11.3. The van der Waals surface area contributed by atoms with Crippen LogP contribution in [0, 0.1) is 0 Å². The van der Waals surface area contributed by atoms with Crippen LogP contribution < -0.4 is 0 Å². The van der Waals surface area contributed by atoms with E-state index in [1.54, 1.807) is 11.0 Å². The van der Waals surface area contributed by atoms with Gasteiger partial charge >= 0.3 is 0 Å². The van der Waals surface area contributed by atoms with Gasteiger partial charge in [-0.3, -0.25) is 9.69 Å². The van der Waals surface area contributed by atoms with Gasteiger partial charge in [-0.1, -0.05) is 60.1 Å². The van der Waals surface area contributed by atoms with Crippen molar-refractivity contribution in [3.05, 3.63) is 88.1 Å². The molecule has 0 aliphatic carbocycles. The highest BCUT2D eigenvalue weighted by atomic mass is 35.5. The molecule has 0 saturated carbocycles. The third-order valence-electron chi connectivity index (χ3n) is 4.55. The maximum Gasteiger partial charge on any atom is 0.267 e.